The predicted octanol–water partition coefficient (Wildman–Crippen LogP) is 10.9. The van der Waals surface area contributed by atoms with Crippen LogP contribution in [0.2, 0.25) is 0 Å². The Kier molecular flexibility index (Phi) is 23.6. The average Bonchev–Trinajstić information content (AvgIpc) is 3.00. The Bertz CT molecular complexity index is 845. The lowest BCUT2D eigenvalue weighted by Crippen LogP contribution is -2.61. The van der Waals surface area contributed by atoms with E-state index >= 15 is 0 Å². The minimum atomic E-state index is -4.22. The Labute approximate surface area is 284 Å². The van der Waals surface area contributed by atoms with Gasteiger partial charge in [0, 0.05) is 19.3 Å². The number of hydrogen-bond acceptors (Lipinski definition) is 7. The molecule has 0 saturated carbocycles. The van der Waals surface area contributed by atoms with E-state index in [0.29, 0.717) is 12.8 Å². The van der Waals surface area contributed by atoms with Crippen LogP contribution in [-0.4, -0.2) is 37.0 Å². The maximum absolute atomic E-state index is 13.6. The Morgan fingerprint density at radius 3 is 1.07 bits per heavy atom. The largest absolute Gasteiger partial charge is 0.405 e. The Balaban J connectivity index is 2.44. The summed E-state index contributed by atoms with van der Waals surface area (Å²) >= 11 is 0. The predicted molar refractivity (Wildman–Crippen MR) is 189 cm³/mol. The molecule has 0 radical (unpaired) electrons. The fraction of sp³-hybridized carbons (Fsp3) is 0.947. The third-order valence-electron chi connectivity index (χ3n) is 9.97. The number of Topliss-reactive ketones (excluding diaryl/α,β-unsaturated/α-hetero) is 2. The second-order valence-electron chi connectivity index (χ2n) is 14.4. The highest BCUT2D eigenvalue weighted by Crippen LogP contribution is 2.45. The molecule has 0 aromatic heterocycles. The molecule has 1 atom stereocenters. The first-order chi connectivity index (χ1) is 22.0. The van der Waals surface area contributed by atoms with Crippen molar-refractivity contribution in [3.05, 3.63) is 0 Å². The van der Waals surface area contributed by atoms with Crippen LogP contribution in [0.1, 0.15) is 214 Å². The van der Waals surface area contributed by atoms with Crippen LogP contribution in [0.25, 0.3) is 0 Å². The molecular formula is C38H72O7S. The maximum Gasteiger partial charge on any atom is 0.405 e. The molecule has 1 aliphatic heterocycles. The topological polar surface area (TPSA) is 107 Å². The third-order valence-corrected chi connectivity index (χ3v) is 10.9. The van der Waals surface area contributed by atoms with Gasteiger partial charge in [-0.1, -0.05) is 168 Å². The molecule has 7 nitrogen and oxygen atoms in total. The van der Waals surface area contributed by atoms with Gasteiger partial charge in [-0.25, -0.2) is 8.37 Å². The molecule has 272 valence electrons. The number of carbonyl (C=O) groups excluding carboxylic acids is 2. The molecule has 1 saturated heterocycles. The fourth-order valence-electron chi connectivity index (χ4n) is 6.70. The molecular weight excluding hydrogens is 600 g/mol. The minimum absolute atomic E-state index is 0.216. The molecule has 0 amide bonds. The van der Waals surface area contributed by atoms with Crippen molar-refractivity contribution in [3.8, 4) is 0 Å². The van der Waals surface area contributed by atoms with Gasteiger partial charge < -0.3 is 5.11 Å². The normalized spacial score (nSPS) is 16.3. The summed E-state index contributed by atoms with van der Waals surface area (Å²) in [5.41, 5.74) is -1.47. The first-order valence-electron chi connectivity index (χ1n) is 19.4. The molecule has 46 heavy (non-hydrogen) atoms. The van der Waals surface area contributed by atoms with Crippen LogP contribution in [-0.2, 0) is 28.4 Å². The minimum Gasteiger partial charge on any atom is -0.388 e. The van der Waals surface area contributed by atoms with E-state index in [1.807, 2.05) is 0 Å². The van der Waals surface area contributed by atoms with Crippen molar-refractivity contribution in [3.63, 3.8) is 0 Å². The van der Waals surface area contributed by atoms with Crippen LogP contribution < -0.4 is 0 Å². The molecule has 0 aromatic carbocycles. The molecule has 0 aliphatic carbocycles. The highest BCUT2D eigenvalue weighted by atomic mass is 32.3. The SMILES string of the molecule is CCCCCCCCCCCCCCCC(=O)C(C)(CC1(C(C)O)OS(=O)(=O)O1)C(=O)CCCCCCCCCCCCCCC. The fourth-order valence-corrected chi connectivity index (χ4v) is 7.80. The maximum atomic E-state index is 13.6. The Morgan fingerprint density at radius 1 is 0.565 bits per heavy atom. The van der Waals surface area contributed by atoms with Crippen molar-refractivity contribution < 1.29 is 31.5 Å². The third kappa shape index (κ3) is 18.1. The van der Waals surface area contributed by atoms with E-state index in [-0.39, 0.29) is 30.8 Å². The summed E-state index contributed by atoms with van der Waals surface area (Å²) in [6.45, 7) is 7.44. The van der Waals surface area contributed by atoms with Crippen LogP contribution in [0.4, 0.5) is 0 Å². The highest BCUT2D eigenvalue weighted by Gasteiger charge is 2.61. The van der Waals surface area contributed by atoms with Crippen molar-refractivity contribution in [2.24, 2.45) is 5.41 Å². The number of carbonyl (C=O) groups is 2. The van der Waals surface area contributed by atoms with Crippen molar-refractivity contribution in [1.29, 1.82) is 0 Å². The average molecular weight is 673 g/mol. The summed E-state index contributed by atoms with van der Waals surface area (Å²) < 4.78 is 33.5. The first kappa shape index (κ1) is 43.2. The Hall–Kier alpha value is -0.830. The molecule has 1 aliphatic rings. The lowest BCUT2D eigenvalue weighted by Gasteiger charge is -2.45. The summed E-state index contributed by atoms with van der Waals surface area (Å²) in [6, 6.07) is 0. The van der Waals surface area contributed by atoms with Crippen LogP contribution in [0.15, 0.2) is 0 Å². The van der Waals surface area contributed by atoms with Crippen LogP contribution in [0.3, 0.4) is 0 Å². The summed E-state index contributed by atoms with van der Waals surface area (Å²) in [5, 5.41) is 10.3. The molecule has 1 rings (SSSR count). The summed E-state index contributed by atoms with van der Waals surface area (Å²) in [5.74, 6) is -2.33. The molecule has 0 spiro atoms. The van der Waals surface area contributed by atoms with E-state index in [0.717, 1.165) is 38.5 Å². The zero-order valence-corrected chi connectivity index (χ0v) is 31.2. The molecule has 1 fully saturated rings. The molecule has 0 bridgehead atoms. The van der Waals surface area contributed by atoms with Crippen LogP contribution in [0, 0.1) is 5.41 Å². The van der Waals surface area contributed by atoms with E-state index < -0.39 is 27.7 Å². The van der Waals surface area contributed by atoms with E-state index in [1.54, 1.807) is 6.92 Å². The molecule has 1 N–H and O–H groups in total. The van der Waals surface area contributed by atoms with Gasteiger partial charge in [0.1, 0.15) is 17.7 Å². The number of aliphatic hydroxyl groups is 1. The smallest absolute Gasteiger partial charge is 0.388 e. The van der Waals surface area contributed by atoms with Crippen LogP contribution in [0.5, 0.6) is 0 Å². The van der Waals surface area contributed by atoms with Crippen LogP contribution >= 0.6 is 0 Å². The van der Waals surface area contributed by atoms with Gasteiger partial charge in [0.15, 0.2) is 0 Å². The molecule has 1 unspecified atom stereocenters. The van der Waals surface area contributed by atoms with E-state index in [1.165, 1.54) is 122 Å². The van der Waals surface area contributed by atoms with Crippen molar-refractivity contribution in [2.75, 3.05) is 0 Å². The van der Waals surface area contributed by atoms with Gasteiger partial charge in [-0.3, -0.25) is 9.59 Å². The zero-order valence-electron chi connectivity index (χ0n) is 30.4. The van der Waals surface area contributed by atoms with Gasteiger partial charge in [-0.15, -0.1) is 0 Å². The number of ketones is 2. The number of rotatable bonds is 33. The van der Waals surface area contributed by atoms with Gasteiger partial charge in [0.2, 0.25) is 5.79 Å². The van der Waals surface area contributed by atoms with E-state index in [4.69, 9.17) is 8.37 Å². The standard InChI is InChI=1S/C38H72O7S/c1-5-7-9-11-13-15-17-19-21-23-25-27-29-31-35(40)37(4,33-38(34(3)39)44-46(42,43)45-38)36(41)32-30-28-26-24-22-20-18-16-14-12-10-8-6-2/h34,39H,5-33H2,1-4H3. The van der Waals surface area contributed by atoms with Gasteiger partial charge in [-0.2, -0.15) is 8.42 Å². The van der Waals surface area contributed by atoms with Crippen molar-refractivity contribution in [2.45, 2.75) is 226 Å². The lowest BCUT2D eigenvalue weighted by atomic mass is 9.72. The van der Waals surface area contributed by atoms with Gasteiger partial charge >= 0.3 is 10.4 Å². The second kappa shape index (κ2) is 25.2. The number of aliphatic hydroxyl groups excluding tert-OH is 1. The Morgan fingerprint density at radius 2 is 0.826 bits per heavy atom. The summed E-state index contributed by atoms with van der Waals surface area (Å²) in [4.78, 5) is 27.2. The highest BCUT2D eigenvalue weighted by molar-refractivity contribution is 7.82. The number of unbranched alkanes of at least 4 members (excludes halogenated alkanes) is 24. The second-order valence-corrected chi connectivity index (χ2v) is 15.6. The van der Waals surface area contributed by atoms with Gasteiger partial charge in [0.25, 0.3) is 0 Å². The zero-order chi connectivity index (χ0) is 34.2. The molecule has 0 aromatic rings. The molecule has 1 heterocycles. The van der Waals surface area contributed by atoms with E-state index in [2.05, 4.69) is 13.8 Å². The van der Waals surface area contributed by atoms with Gasteiger partial charge in [0.05, 0.1) is 5.41 Å². The van der Waals surface area contributed by atoms with Gasteiger partial charge in [-0.05, 0) is 26.7 Å². The van der Waals surface area contributed by atoms with Crippen molar-refractivity contribution in [1.82, 2.24) is 0 Å². The summed E-state index contributed by atoms with van der Waals surface area (Å²) in [6.07, 6.45) is 30.2. The number of hydrogen-bond donors (Lipinski definition) is 1. The quantitative estimate of drug-likeness (QED) is 0.0546. The van der Waals surface area contributed by atoms with E-state index in [9.17, 15) is 23.1 Å². The van der Waals surface area contributed by atoms with Crippen molar-refractivity contribution >= 4 is 22.0 Å². The first-order valence-corrected chi connectivity index (χ1v) is 20.8. The lowest BCUT2D eigenvalue weighted by molar-refractivity contribution is -0.252. The monoisotopic (exact) mass is 672 g/mol. The summed E-state index contributed by atoms with van der Waals surface area (Å²) in [7, 11) is -4.22. The molecule has 8 heteroatoms.